The van der Waals surface area contributed by atoms with Crippen molar-refractivity contribution in [1.82, 2.24) is 0 Å². The molecule has 0 radical (unpaired) electrons. The maximum atomic E-state index is 12.9. The van der Waals surface area contributed by atoms with E-state index in [1.54, 1.807) is 0 Å². The van der Waals surface area contributed by atoms with Gasteiger partial charge in [-0.15, -0.1) is 0 Å². The van der Waals surface area contributed by atoms with E-state index in [0.29, 0.717) is 19.3 Å². The third-order valence-electron chi connectivity index (χ3n) is 13.6. The van der Waals surface area contributed by atoms with E-state index >= 15 is 0 Å². The highest BCUT2D eigenvalue weighted by Crippen LogP contribution is 2.16. The highest BCUT2D eigenvalue weighted by molar-refractivity contribution is 5.71. The lowest BCUT2D eigenvalue weighted by molar-refractivity contribution is -0.167. The molecule has 6 heteroatoms. The average Bonchev–Trinajstić information content (AvgIpc) is 3.46. The number of allylic oxidation sites excluding steroid dienone is 24. The summed E-state index contributed by atoms with van der Waals surface area (Å²) in [5, 5.41) is 0. The summed E-state index contributed by atoms with van der Waals surface area (Å²) in [4.78, 5) is 38.3. The summed E-state index contributed by atoms with van der Waals surface area (Å²) in [5.41, 5.74) is 0. The van der Waals surface area contributed by atoms with Gasteiger partial charge in [-0.2, -0.15) is 0 Å². The molecule has 0 fully saturated rings. The Balaban J connectivity index is 4.53. The second-order valence-electron chi connectivity index (χ2n) is 21.3. The quantitative estimate of drug-likeness (QED) is 0.0261. The van der Waals surface area contributed by atoms with Gasteiger partial charge in [0.25, 0.3) is 0 Å². The SMILES string of the molecule is CC/C=C\C/C=C\C/C=C\C/C=C\C/C=C\C/C=C\C/C=C\CCCC(=O)OCC(COC(=O)CCC/C=C\C/C=C\C/C=C\C/C=C\C/C=C\CC)OC(=O)CCCCCCCCCCCCCCCCCCCCCCCC. The minimum absolute atomic E-state index is 0.129. The van der Waals surface area contributed by atoms with Crippen LogP contribution in [0.3, 0.4) is 0 Å². The van der Waals surface area contributed by atoms with Gasteiger partial charge in [0.1, 0.15) is 13.2 Å². The Morgan fingerprint density at radius 3 is 0.750 bits per heavy atom. The fourth-order valence-corrected chi connectivity index (χ4v) is 8.76. The molecule has 0 bridgehead atoms. The molecule has 0 aromatic carbocycles. The van der Waals surface area contributed by atoms with E-state index in [4.69, 9.17) is 14.2 Å². The second kappa shape index (κ2) is 66.8. The molecule has 0 amide bonds. The summed E-state index contributed by atoms with van der Waals surface area (Å²) in [5.74, 6) is -1.04. The molecule has 0 aliphatic heterocycles. The average molecular weight is 1110 g/mol. The molecule has 0 spiro atoms. The molecule has 0 N–H and O–H groups in total. The fourth-order valence-electron chi connectivity index (χ4n) is 8.76. The number of esters is 3. The normalized spacial score (nSPS) is 13.1. The molecule has 1 atom stereocenters. The number of rotatable bonds is 58. The van der Waals surface area contributed by atoms with Crippen LogP contribution in [0.2, 0.25) is 0 Å². The van der Waals surface area contributed by atoms with Crippen molar-refractivity contribution in [2.24, 2.45) is 0 Å². The molecule has 0 aliphatic carbocycles. The van der Waals surface area contributed by atoms with E-state index in [1.807, 2.05) is 0 Å². The molecule has 6 nitrogen and oxygen atoms in total. The topological polar surface area (TPSA) is 78.9 Å². The van der Waals surface area contributed by atoms with E-state index in [2.05, 4.69) is 167 Å². The zero-order valence-electron chi connectivity index (χ0n) is 51.8. The van der Waals surface area contributed by atoms with E-state index in [-0.39, 0.29) is 44.0 Å². The van der Waals surface area contributed by atoms with Crippen LogP contribution in [-0.2, 0) is 28.6 Å². The molecule has 80 heavy (non-hydrogen) atoms. The van der Waals surface area contributed by atoms with Gasteiger partial charge in [0.2, 0.25) is 0 Å². The zero-order chi connectivity index (χ0) is 57.8. The minimum Gasteiger partial charge on any atom is -0.462 e. The molecular formula is C74H120O6. The monoisotopic (exact) mass is 1100 g/mol. The van der Waals surface area contributed by atoms with E-state index in [9.17, 15) is 14.4 Å². The van der Waals surface area contributed by atoms with Gasteiger partial charge in [0.05, 0.1) is 0 Å². The Kier molecular flexibility index (Phi) is 62.9. The van der Waals surface area contributed by atoms with Gasteiger partial charge in [-0.1, -0.05) is 301 Å². The largest absolute Gasteiger partial charge is 0.462 e. The first kappa shape index (κ1) is 75.3. The van der Waals surface area contributed by atoms with Crippen molar-refractivity contribution in [3.05, 3.63) is 146 Å². The van der Waals surface area contributed by atoms with Crippen molar-refractivity contribution in [3.8, 4) is 0 Å². The number of unbranched alkanes of at least 4 members (excludes halogenated alkanes) is 23. The van der Waals surface area contributed by atoms with Gasteiger partial charge in [-0.3, -0.25) is 14.4 Å². The number of hydrogen-bond donors (Lipinski definition) is 0. The molecule has 0 aliphatic rings. The molecule has 0 saturated heterocycles. The van der Waals surface area contributed by atoms with Gasteiger partial charge in [0.15, 0.2) is 6.10 Å². The van der Waals surface area contributed by atoms with Crippen molar-refractivity contribution >= 4 is 17.9 Å². The number of carbonyl (C=O) groups is 3. The number of hydrogen-bond acceptors (Lipinski definition) is 6. The van der Waals surface area contributed by atoms with Crippen LogP contribution in [0.15, 0.2) is 146 Å². The lowest BCUT2D eigenvalue weighted by Gasteiger charge is -2.18. The van der Waals surface area contributed by atoms with Gasteiger partial charge in [0, 0.05) is 19.3 Å². The Hall–Kier alpha value is -4.71. The molecular weight excluding hydrogens is 985 g/mol. The maximum Gasteiger partial charge on any atom is 0.306 e. The summed E-state index contributed by atoms with van der Waals surface area (Å²) < 4.78 is 16.8. The summed E-state index contributed by atoms with van der Waals surface area (Å²) in [6, 6.07) is 0. The standard InChI is InChI=1S/C74H120O6/c1-4-7-10-13-16-19-22-25-28-31-33-35-37-39-40-43-46-49-52-55-58-61-64-67-73(76)79-70-71(69-78-72(75)66-63-60-57-54-51-48-45-42-30-27-24-21-18-15-12-9-6-3)80-74(77)68-65-62-59-56-53-50-47-44-41-38-36-34-32-29-26-23-20-17-14-11-8-5-2/h7,9-10,12,16,18-19,21,25,27-28,30,33,35,39-40,45-46,48-49,54-55,57-58,71H,4-6,8,11,13-15,17,20,22-24,26,29,31-32,34,36-38,41-44,47,50-53,56,59-70H2,1-3H3/b10-7-,12-9-,19-16-,21-18-,28-25-,30-27-,35-33-,40-39-,48-45-,49-46-,57-54-,58-55-. The van der Waals surface area contributed by atoms with E-state index in [1.165, 1.54) is 122 Å². The fraction of sp³-hybridized carbons (Fsp3) is 0.635. The summed E-state index contributed by atoms with van der Waals surface area (Å²) in [6.07, 6.45) is 95.9. The second-order valence-corrected chi connectivity index (χ2v) is 21.3. The first-order valence-corrected chi connectivity index (χ1v) is 32.8. The van der Waals surface area contributed by atoms with Gasteiger partial charge < -0.3 is 14.2 Å². The number of carbonyl (C=O) groups excluding carboxylic acids is 3. The van der Waals surface area contributed by atoms with Crippen LogP contribution in [0.1, 0.15) is 284 Å². The van der Waals surface area contributed by atoms with Crippen LogP contribution in [-0.4, -0.2) is 37.2 Å². The van der Waals surface area contributed by atoms with Crippen molar-refractivity contribution in [1.29, 1.82) is 0 Å². The Morgan fingerprint density at radius 1 is 0.263 bits per heavy atom. The van der Waals surface area contributed by atoms with Crippen LogP contribution in [0, 0.1) is 0 Å². The van der Waals surface area contributed by atoms with Crippen molar-refractivity contribution in [2.75, 3.05) is 13.2 Å². The van der Waals surface area contributed by atoms with Gasteiger partial charge >= 0.3 is 17.9 Å². The molecule has 452 valence electrons. The summed E-state index contributed by atoms with van der Waals surface area (Å²) >= 11 is 0. The summed E-state index contributed by atoms with van der Waals surface area (Å²) in [6.45, 7) is 6.33. The summed E-state index contributed by atoms with van der Waals surface area (Å²) in [7, 11) is 0. The molecule has 0 heterocycles. The third-order valence-corrected chi connectivity index (χ3v) is 13.6. The molecule has 1 unspecified atom stereocenters. The van der Waals surface area contributed by atoms with Crippen molar-refractivity contribution in [2.45, 2.75) is 290 Å². The van der Waals surface area contributed by atoms with Crippen molar-refractivity contribution < 1.29 is 28.6 Å². The highest BCUT2D eigenvalue weighted by atomic mass is 16.6. The van der Waals surface area contributed by atoms with Gasteiger partial charge in [-0.05, 0) is 109 Å². The maximum absolute atomic E-state index is 12.9. The molecule has 0 aromatic heterocycles. The molecule has 0 aromatic rings. The predicted molar refractivity (Wildman–Crippen MR) is 348 cm³/mol. The van der Waals surface area contributed by atoms with Crippen LogP contribution in [0.4, 0.5) is 0 Å². The van der Waals surface area contributed by atoms with E-state index in [0.717, 1.165) is 109 Å². The van der Waals surface area contributed by atoms with Crippen LogP contribution in [0.25, 0.3) is 0 Å². The lowest BCUT2D eigenvalue weighted by atomic mass is 10.0. The first-order valence-electron chi connectivity index (χ1n) is 32.8. The minimum atomic E-state index is -0.831. The molecule has 0 saturated carbocycles. The number of ether oxygens (including phenoxy) is 3. The Bertz CT molecular complexity index is 1750. The molecule has 0 rings (SSSR count). The predicted octanol–water partition coefficient (Wildman–Crippen LogP) is 22.7. The highest BCUT2D eigenvalue weighted by Gasteiger charge is 2.19. The first-order chi connectivity index (χ1) is 39.5. The van der Waals surface area contributed by atoms with Crippen molar-refractivity contribution in [3.63, 3.8) is 0 Å². The van der Waals surface area contributed by atoms with E-state index < -0.39 is 6.10 Å². The van der Waals surface area contributed by atoms with Crippen LogP contribution >= 0.6 is 0 Å². The van der Waals surface area contributed by atoms with Crippen LogP contribution in [0.5, 0.6) is 0 Å². The third kappa shape index (κ3) is 64.1. The van der Waals surface area contributed by atoms with Gasteiger partial charge in [-0.25, -0.2) is 0 Å². The zero-order valence-corrected chi connectivity index (χ0v) is 51.8. The van der Waals surface area contributed by atoms with Crippen LogP contribution < -0.4 is 0 Å². The smallest absolute Gasteiger partial charge is 0.306 e. The Morgan fingerprint density at radius 2 is 0.487 bits per heavy atom. The lowest BCUT2D eigenvalue weighted by Crippen LogP contribution is -2.30. The Labute approximate surface area is 493 Å².